The molecule has 0 unspecified atom stereocenters. The van der Waals surface area contributed by atoms with Crippen molar-refractivity contribution < 1.29 is 14.3 Å². The fourth-order valence-electron chi connectivity index (χ4n) is 2.02. The molecule has 0 aliphatic rings. The van der Waals surface area contributed by atoms with Crippen LogP contribution in [0.5, 0.6) is 5.75 Å². The number of nitrogen functional groups attached to an aromatic ring is 1. The largest absolute Gasteiger partial charge is 0.488 e. The molecule has 0 spiro atoms. The van der Waals surface area contributed by atoms with Gasteiger partial charge in [0.1, 0.15) is 17.9 Å². The standard InChI is InChI=1S/C17H19NO3/c1-3-12-7-9-13(10-8-12)11-21-15-6-4-5-14(18)16(15)17(19)20-2/h4-10H,3,11,18H2,1-2H3. The lowest BCUT2D eigenvalue weighted by atomic mass is 10.1. The maximum Gasteiger partial charge on any atom is 0.343 e. The van der Waals surface area contributed by atoms with Crippen molar-refractivity contribution in [2.75, 3.05) is 12.8 Å². The number of anilines is 1. The van der Waals surface area contributed by atoms with Gasteiger partial charge in [-0.25, -0.2) is 4.79 Å². The quantitative estimate of drug-likeness (QED) is 0.677. The molecule has 0 saturated heterocycles. The van der Waals surface area contributed by atoms with Crippen LogP contribution >= 0.6 is 0 Å². The molecule has 0 heterocycles. The molecule has 4 nitrogen and oxygen atoms in total. The Kier molecular flexibility index (Phi) is 4.82. The summed E-state index contributed by atoms with van der Waals surface area (Å²) < 4.78 is 10.5. The third-order valence-corrected chi connectivity index (χ3v) is 3.27. The number of hydrogen-bond acceptors (Lipinski definition) is 4. The van der Waals surface area contributed by atoms with Gasteiger partial charge in [0, 0.05) is 5.69 Å². The SMILES string of the molecule is CCc1ccc(COc2cccc(N)c2C(=O)OC)cc1. The summed E-state index contributed by atoms with van der Waals surface area (Å²) in [6.45, 7) is 2.48. The van der Waals surface area contributed by atoms with Gasteiger partial charge in [-0.15, -0.1) is 0 Å². The van der Waals surface area contributed by atoms with Crippen molar-refractivity contribution in [3.05, 3.63) is 59.2 Å². The van der Waals surface area contributed by atoms with E-state index in [1.54, 1.807) is 18.2 Å². The molecule has 0 aliphatic heterocycles. The van der Waals surface area contributed by atoms with Crippen molar-refractivity contribution in [3.8, 4) is 5.75 Å². The van der Waals surface area contributed by atoms with Gasteiger partial charge >= 0.3 is 5.97 Å². The minimum absolute atomic E-state index is 0.269. The van der Waals surface area contributed by atoms with Gasteiger partial charge in [-0.05, 0) is 29.7 Å². The van der Waals surface area contributed by atoms with Crippen molar-refractivity contribution >= 4 is 11.7 Å². The fourth-order valence-corrected chi connectivity index (χ4v) is 2.02. The number of rotatable bonds is 5. The van der Waals surface area contributed by atoms with Gasteiger partial charge in [0.05, 0.1) is 7.11 Å². The number of benzene rings is 2. The lowest BCUT2D eigenvalue weighted by Gasteiger charge is -2.12. The van der Waals surface area contributed by atoms with Gasteiger partial charge < -0.3 is 15.2 Å². The Labute approximate surface area is 124 Å². The molecular formula is C17H19NO3. The van der Waals surface area contributed by atoms with Crippen LogP contribution in [0.1, 0.15) is 28.4 Å². The predicted molar refractivity (Wildman–Crippen MR) is 82.3 cm³/mol. The highest BCUT2D eigenvalue weighted by Crippen LogP contribution is 2.26. The topological polar surface area (TPSA) is 61.5 Å². The Hall–Kier alpha value is -2.49. The number of aryl methyl sites for hydroxylation is 1. The minimum Gasteiger partial charge on any atom is -0.488 e. The Balaban J connectivity index is 2.15. The smallest absolute Gasteiger partial charge is 0.343 e. The van der Waals surface area contributed by atoms with E-state index in [2.05, 4.69) is 19.1 Å². The average molecular weight is 285 g/mol. The van der Waals surface area contributed by atoms with Gasteiger partial charge in [-0.1, -0.05) is 37.3 Å². The minimum atomic E-state index is -0.496. The average Bonchev–Trinajstić information content (AvgIpc) is 2.52. The van der Waals surface area contributed by atoms with E-state index >= 15 is 0 Å². The van der Waals surface area contributed by atoms with E-state index in [1.807, 2.05) is 12.1 Å². The van der Waals surface area contributed by atoms with Crippen LogP contribution in [0.25, 0.3) is 0 Å². The van der Waals surface area contributed by atoms with Crippen molar-refractivity contribution in [1.29, 1.82) is 0 Å². The molecule has 2 aromatic carbocycles. The molecule has 0 radical (unpaired) electrons. The first-order valence-corrected chi connectivity index (χ1v) is 6.83. The molecule has 21 heavy (non-hydrogen) atoms. The second kappa shape index (κ2) is 6.79. The normalized spacial score (nSPS) is 10.2. The molecule has 4 heteroatoms. The summed E-state index contributed by atoms with van der Waals surface area (Å²) in [6.07, 6.45) is 1.00. The molecule has 0 atom stereocenters. The Morgan fingerprint density at radius 2 is 1.76 bits per heavy atom. The summed E-state index contributed by atoms with van der Waals surface area (Å²) in [5.41, 5.74) is 8.75. The van der Waals surface area contributed by atoms with Crippen molar-refractivity contribution in [3.63, 3.8) is 0 Å². The zero-order valence-electron chi connectivity index (χ0n) is 12.3. The number of esters is 1. The van der Waals surface area contributed by atoms with Crippen LogP contribution in [-0.4, -0.2) is 13.1 Å². The number of hydrogen-bond donors (Lipinski definition) is 1. The van der Waals surface area contributed by atoms with E-state index in [1.165, 1.54) is 12.7 Å². The highest BCUT2D eigenvalue weighted by Gasteiger charge is 2.16. The first-order valence-electron chi connectivity index (χ1n) is 6.83. The number of ether oxygens (including phenoxy) is 2. The van der Waals surface area contributed by atoms with E-state index in [-0.39, 0.29) is 5.56 Å². The van der Waals surface area contributed by atoms with Crippen LogP contribution in [0.4, 0.5) is 5.69 Å². The summed E-state index contributed by atoms with van der Waals surface area (Å²) in [7, 11) is 1.32. The molecular weight excluding hydrogens is 266 g/mol. The number of nitrogens with two attached hydrogens (primary N) is 1. The van der Waals surface area contributed by atoms with Crippen molar-refractivity contribution in [2.45, 2.75) is 20.0 Å². The van der Waals surface area contributed by atoms with Crippen molar-refractivity contribution in [1.82, 2.24) is 0 Å². The zero-order valence-corrected chi connectivity index (χ0v) is 12.3. The number of methoxy groups -OCH3 is 1. The van der Waals surface area contributed by atoms with Gasteiger partial charge in [0.15, 0.2) is 0 Å². The van der Waals surface area contributed by atoms with Gasteiger partial charge in [0.2, 0.25) is 0 Å². The van der Waals surface area contributed by atoms with Gasteiger partial charge in [-0.3, -0.25) is 0 Å². The predicted octanol–water partition coefficient (Wildman–Crippen LogP) is 3.20. The summed E-state index contributed by atoms with van der Waals surface area (Å²) in [5, 5.41) is 0. The molecule has 0 aliphatic carbocycles. The fraction of sp³-hybridized carbons (Fsp3) is 0.235. The lowest BCUT2D eigenvalue weighted by Crippen LogP contribution is -2.09. The molecule has 2 N–H and O–H groups in total. The zero-order chi connectivity index (χ0) is 15.2. The third kappa shape index (κ3) is 3.54. The Bertz CT molecular complexity index is 620. The van der Waals surface area contributed by atoms with E-state index in [0.717, 1.165) is 12.0 Å². The molecule has 110 valence electrons. The molecule has 0 amide bonds. The summed E-state index contributed by atoms with van der Waals surface area (Å²) in [5.74, 6) is -0.0640. The van der Waals surface area contributed by atoms with Crippen LogP contribution in [-0.2, 0) is 17.8 Å². The van der Waals surface area contributed by atoms with E-state index < -0.39 is 5.97 Å². The number of carbonyl (C=O) groups is 1. The summed E-state index contributed by atoms with van der Waals surface area (Å²) in [4.78, 5) is 11.8. The van der Waals surface area contributed by atoms with E-state index in [4.69, 9.17) is 15.2 Å². The van der Waals surface area contributed by atoms with E-state index in [9.17, 15) is 4.79 Å². The van der Waals surface area contributed by atoms with Crippen molar-refractivity contribution in [2.24, 2.45) is 0 Å². The summed E-state index contributed by atoms with van der Waals surface area (Å²) in [6, 6.07) is 13.3. The van der Waals surface area contributed by atoms with Crippen LogP contribution in [0.2, 0.25) is 0 Å². The molecule has 0 saturated carbocycles. The lowest BCUT2D eigenvalue weighted by molar-refractivity contribution is 0.0597. The molecule has 0 aromatic heterocycles. The van der Waals surface area contributed by atoms with Gasteiger partial charge in [-0.2, -0.15) is 0 Å². The first-order chi connectivity index (χ1) is 10.2. The van der Waals surface area contributed by atoms with Crippen LogP contribution in [0, 0.1) is 0 Å². The second-order valence-electron chi connectivity index (χ2n) is 4.67. The maximum absolute atomic E-state index is 11.8. The molecule has 0 fully saturated rings. The third-order valence-electron chi connectivity index (χ3n) is 3.27. The molecule has 2 rings (SSSR count). The van der Waals surface area contributed by atoms with Crippen LogP contribution in [0.3, 0.4) is 0 Å². The Morgan fingerprint density at radius 1 is 1.10 bits per heavy atom. The highest BCUT2D eigenvalue weighted by atomic mass is 16.5. The molecule has 0 bridgehead atoms. The van der Waals surface area contributed by atoms with Crippen LogP contribution < -0.4 is 10.5 Å². The molecule has 2 aromatic rings. The Morgan fingerprint density at radius 3 is 2.38 bits per heavy atom. The van der Waals surface area contributed by atoms with Gasteiger partial charge in [0.25, 0.3) is 0 Å². The summed E-state index contributed by atoms with van der Waals surface area (Å²) >= 11 is 0. The second-order valence-corrected chi connectivity index (χ2v) is 4.67. The van der Waals surface area contributed by atoms with E-state index in [0.29, 0.717) is 18.0 Å². The highest BCUT2D eigenvalue weighted by molar-refractivity contribution is 5.98. The van der Waals surface area contributed by atoms with Crippen LogP contribution in [0.15, 0.2) is 42.5 Å². The number of carbonyl (C=O) groups excluding carboxylic acids is 1. The maximum atomic E-state index is 11.8. The first kappa shape index (κ1) is 14.9. The monoisotopic (exact) mass is 285 g/mol.